The minimum absolute atomic E-state index is 0.124. The van der Waals surface area contributed by atoms with Gasteiger partial charge in [-0.1, -0.05) is 54.6 Å². The van der Waals surface area contributed by atoms with Gasteiger partial charge in [0.05, 0.1) is 22.3 Å². The zero-order valence-electron chi connectivity index (χ0n) is 20.1. The highest BCUT2D eigenvalue weighted by Crippen LogP contribution is 2.38. The smallest absolute Gasteiger partial charge is 0.343 e. The molecule has 1 aliphatic carbocycles. The van der Waals surface area contributed by atoms with E-state index in [1.165, 1.54) is 36.4 Å². The van der Waals surface area contributed by atoms with Crippen molar-refractivity contribution in [3.8, 4) is 0 Å². The van der Waals surface area contributed by atoms with Crippen molar-refractivity contribution in [2.24, 2.45) is 0 Å². The van der Waals surface area contributed by atoms with Crippen LogP contribution in [0.25, 0.3) is 0 Å². The molecule has 2 atom stereocenters. The van der Waals surface area contributed by atoms with Crippen molar-refractivity contribution in [1.82, 2.24) is 0 Å². The third kappa shape index (κ3) is 5.53. The molecule has 4 rings (SSSR count). The Morgan fingerprint density at radius 2 is 1.18 bits per heavy atom. The van der Waals surface area contributed by atoms with E-state index < -0.39 is 41.5 Å². The highest BCUT2D eigenvalue weighted by molar-refractivity contribution is 5.94. The molecule has 0 saturated heterocycles. The molecule has 0 saturated carbocycles. The fourth-order valence-corrected chi connectivity index (χ4v) is 3.68. The van der Waals surface area contributed by atoms with Crippen LogP contribution >= 0.6 is 0 Å². The Kier molecular flexibility index (Phi) is 7.79. The lowest BCUT2D eigenvalue weighted by molar-refractivity contribution is -0.222. The Balaban J connectivity index is 1.79. The maximum atomic E-state index is 13.1. The second-order valence-electron chi connectivity index (χ2n) is 8.01. The van der Waals surface area contributed by atoms with Gasteiger partial charge in [0.25, 0.3) is 0 Å². The fourth-order valence-electron chi connectivity index (χ4n) is 3.68. The standard InChI is InChI=1S/C29H22O9/c1-35-29(38-28(34)21-15-9-4-10-16-21)23(36-26(32)19-11-5-2-6-12-19)17-22(25(30)31)18-24(29)37-27(33)20-13-7-3-8-14-20/h2-18,23H,1H3,(H,30,31). The van der Waals surface area contributed by atoms with Gasteiger partial charge in [0.15, 0.2) is 11.9 Å². The highest BCUT2D eigenvalue weighted by Gasteiger charge is 2.54. The van der Waals surface area contributed by atoms with Crippen LogP contribution in [0, 0.1) is 0 Å². The van der Waals surface area contributed by atoms with Crippen molar-refractivity contribution in [2.45, 2.75) is 11.9 Å². The van der Waals surface area contributed by atoms with Crippen molar-refractivity contribution < 1.29 is 43.2 Å². The first-order valence-corrected chi connectivity index (χ1v) is 11.4. The number of rotatable bonds is 8. The molecular weight excluding hydrogens is 492 g/mol. The molecule has 9 heteroatoms. The van der Waals surface area contributed by atoms with Gasteiger partial charge in [0.1, 0.15) is 0 Å². The predicted octanol–water partition coefficient (Wildman–Crippen LogP) is 4.18. The van der Waals surface area contributed by atoms with E-state index in [2.05, 4.69) is 0 Å². The predicted molar refractivity (Wildman–Crippen MR) is 133 cm³/mol. The average molecular weight is 514 g/mol. The van der Waals surface area contributed by atoms with Crippen LogP contribution in [0.15, 0.2) is 114 Å². The highest BCUT2D eigenvalue weighted by atomic mass is 16.8. The second-order valence-corrected chi connectivity index (χ2v) is 8.01. The summed E-state index contributed by atoms with van der Waals surface area (Å²) in [7, 11) is 1.14. The summed E-state index contributed by atoms with van der Waals surface area (Å²) in [6.45, 7) is 0. The van der Waals surface area contributed by atoms with Gasteiger partial charge in [-0.15, -0.1) is 0 Å². The van der Waals surface area contributed by atoms with E-state index in [1.807, 2.05) is 0 Å². The second kappa shape index (κ2) is 11.4. The van der Waals surface area contributed by atoms with E-state index >= 15 is 0 Å². The normalized spacial score (nSPS) is 18.4. The zero-order valence-corrected chi connectivity index (χ0v) is 20.1. The molecule has 3 aromatic rings. The minimum atomic E-state index is -2.35. The van der Waals surface area contributed by atoms with Crippen LogP contribution in [0.2, 0.25) is 0 Å². The Labute approximate surface area is 217 Å². The Morgan fingerprint density at radius 1 is 0.711 bits per heavy atom. The van der Waals surface area contributed by atoms with Gasteiger partial charge in [-0.3, -0.25) is 0 Å². The Morgan fingerprint density at radius 3 is 1.66 bits per heavy atom. The summed E-state index contributed by atoms with van der Waals surface area (Å²) in [6, 6.07) is 23.7. The fraction of sp³-hybridized carbons (Fsp3) is 0.103. The van der Waals surface area contributed by atoms with Crippen LogP contribution < -0.4 is 0 Å². The number of carbonyl (C=O) groups excluding carboxylic acids is 3. The van der Waals surface area contributed by atoms with Crippen LogP contribution in [0.5, 0.6) is 0 Å². The van der Waals surface area contributed by atoms with Crippen molar-refractivity contribution in [2.75, 3.05) is 7.11 Å². The van der Waals surface area contributed by atoms with Gasteiger partial charge < -0.3 is 24.1 Å². The molecule has 0 fully saturated rings. The zero-order chi connectivity index (χ0) is 27.1. The summed E-state index contributed by atoms with van der Waals surface area (Å²) in [4.78, 5) is 51.0. The van der Waals surface area contributed by atoms with E-state index in [1.54, 1.807) is 54.6 Å². The number of carbonyl (C=O) groups is 4. The SMILES string of the molecule is COC1(OC(=O)c2ccccc2)C(OC(=O)c2ccccc2)=CC(C(=O)O)=CC1OC(=O)c1ccccc1. The molecule has 3 aromatic carbocycles. The summed E-state index contributed by atoms with van der Waals surface area (Å²) >= 11 is 0. The molecule has 1 N–H and O–H groups in total. The third-order valence-corrected chi connectivity index (χ3v) is 5.60. The lowest BCUT2D eigenvalue weighted by atomic mass is 9.95. The summed E-state index contributed by atoms with van der Waals surface area (Å²) in [6.07, 6.45) is 0.380. The molecular formula is C29H22O9. The quantitative estimate of drug-likeness (QED) is 0.268. The molecule has 2 unspecified atom stereocenters. The molecule has 0 aromatic heterocycles. The molecule has 38 heavy (non-hydrogen) atoms. The van der Waals surface area contributed by atoms with Gasteiger partial charge in [0, 0.05) is 7.11 Å². The molecule has 1 aliphatic rings. The lowest BCUT2D eigenvalue weighted by Gasteiger charge is -2.39. The number of hydrogen-bond acceptors (Lipinski definition) is 8. The molecule has 0 aliphatic heterocycles. The van der Waals surface area contributed by atoms with E-state index in [0.717, 1.165) is 19.3 Å². The van der Waals surface area contributed by atoms with Gasteiger partial charge in [0.2, 0.25) is 0 Å². The molecule has 0 amide bonds. The summed E-state index contributed by atoms with van der Waals surface area (Å²) in [5.41, 5.74) is 0.0283. The molecule has 0 bridgehead atoms. The number of benzene rings is 3. The summed E-state index contributed by atoms with van der Waals surface area (Å²) in [5, 5.41) is 9.74. The number of carboxylic acid groups (broad SMARTS) is 1. The van der Waals surface area contributed by atoms with Gasteiger partial charge in [-0.25, -0.2) is 19.2 Å². The first kappa shape index (κ1) is 26.1. The van der Waals surface area contributed by atoms with E-state index in [4.69, 9.17) is 18.9 Å². The van der Waals surface area contributed by atoms with Gasteiger partial charge in [-0.2, -0.15) is 0 Å². The number of ether oxygens (including phenoxy) is 4. The van der Waals surface area contributed by atoms with Crippen LogP contribution in [0.3, 0.4) is 0 Å². The van der Waals surface area contributed by atoms with Crippen LogP contribution in [-0.2, 0) is 23.7 Å². The minimum Gasteiger partial charge on any atom is -0.478 e. The van der Waals surface area contributed by atoms with Gasteiger partial charge >= 0.3 is 29.7 Å². The Hall–Kier alpha value is -5.02. The first-order valence-electron chi connectivity index (χ1n) is 11.4. The van der Waals surface area contributed by atoms with Crippen LogP contribution in [0.1, 0.15) is 31.1 Å². The monoisotopic (exact) mass is 514 g/mol. The largest absolute Gasteiger partial charge is 0.478 e. The number of esters is 3. The summed E-state index contributed by atoms with van der Waals surface area (Å²) in [5.74, 6) is -6.89. The molecule has 0 radical (unpaired) electrons. The molecule has 0 heterocycles. The summed E-state index contributed by atoms with van der Waals surface area (Å²) < 4.78 is 22.5. The van der Waals surface area contributed by atoms with Crippen LogP contribution in [0.4, 0.5) is 0 Å². The van der Waals surface area contributed by atoms with Crippen molar-refractivity contribution in [3.63, 3.8) is 0 Å². The lowest BCUT2D eigenvalue weighted by Crippen LogP contribution is -2.53. The first-order chi connectivity index (χ1) is 18.3. The van der Waals surface area contributed by atoms with E-state index in [9.17, 15) is 24.3 Å². The number of hydrogen-bond donors (Lipinski definition) is 1. The topological polar surface area (TPSA) is 125 Å². The van der Waals surface area contributed by atoms with Crippen molar-refractivity contribution in [1.29, 1.82) is 0 Å². The van der Waals surface area contributed by atoms with Crippen LogP contribution in [-0.4, -0.2) is 48.0 Å². The van der Waals surface area contributed by atoms with Crippen molar-refractivity contribution in [3.05, 3.63) is 131 Å². The van der Waals surface area contributed by atoms with E-state index in [-0.39, 0.29) is 22.3 Å². The molecule has 9 nitrogen and oxygen atoms in total. The maximum Gasteiger partial charge on any atom is 0.343 e. The van der Waals surface area contributed by atoms with Gasteiger partial charge in [-0.05, 0) is 48.6 Å². The average Bonchev–Trinajstić information content (AvgIpc) is 2.95. The van der Waals surface area contributed by atoms with Crippen molar-refractivity contribution >= 4 is 23.9 Å². The number of carboxylic acids is 1. The molecule has 192 valence electrons. The molecule has 0 spiro atoms. The number of aliphatic carboxylic acids is 1. The maximum absolute atomic E-state index is 13.1. The third-order valence-electron chi connectivity index (χ3n) is 5.60. The number of methoxy groups -OCH3 is 1. The Bertz CT molecular complexity index is 1400. The van der Waals surface area contributed by atoms with E-state index in [0.29, 0.717) is 0 Å².